The monoisotopic (exact) mass is 273 g/mol. The molecule has 0 aromatic carbocycles. The normalized spacial score (nSPS) is 12.0. The number of carbonyl (C=O) groups is 3. The fourth-order valence-corrected chi connectivity index (χ4v) is 1.68. The fraction of sp³-hybridized carbons (Fsp3) is 0.750. The minimum absolute atomic E-state index is 0.0991. The molecule has 0 fully saturated rings. The minimum atomic E-state index is -1.13. The van der Waals surface area contributed by atoms with Gasteiger partial charge in [0.1, 0.15) is 6.54 Å². The first-order chi connectivity index (χ1) is 8.85. The third-order valence-electron chi connectivity index (χ3n) is 2.50. The van der Waals surface area contributed by atoms with Crippen LogP contribution >= 0.6 is 0 Å². The van der Waals surface area contributed by atoms with Crippen molar-refractivity contribution in [2.75, 3.05) is 19.6 Å². The summed E-state index contributed by atoms with van der Waals surface area (Å²) in [5, 5.41) is 13.0. The summed E-state index contributed by atoms with van der Waals surface area (Å²) in [6.07, 6.45) is 1.13. The summed E-state index contributed by atoms with van der Waals surface area (Å²) in [7, 11) is 0. The molecule has 1 atom stereocenters. The predicted octanol–water partition coefficient (Wildman–Crippen LogP) is -0.685. The molecular formula is C12H23N3O4. The first kappa shape index (κ1) is 17.4. The second-order valence-electron chi connectivity index (χ2n) is 4.88. The van der Waals surface area contributed by atoms with E-state index in [4.69, 9.17) is 10.8 Å². The summed E-state index contributed by atoms with van der Waals surface area (Å²) in [6.45, 7) is 3.87. The maximum Gasteiger partial charge on any atom is 0.322 e. The maximum atomic E-state index is 11.6. The highest BCUT2D eigenvalue weighted by atomic mass is 16.4. The number of nitrogens with two attached hydrogens (primary N) is 1. The molecule has 0 spiro atoms. The molecule has 7 nitrogen and oxygen atoms in total. The smallest absolute Gasteiger partial charge is 0.322 e. The second kappa shape index (κ2) is 9.32. The Morgan fingerprint density at radius 2 is 1.68 bits per heavy atom. The van der Waals surface area contributed by atoms with Crippen molar-refractivity contribution >= 4 is 17.8 Å². The van der Waals surface area contributed by atoms with Gasteiger partial charge in [0.05, 0.1) is 6.54 Å². The Balaban J connectivity index is 3.90. The van der Waals surface area contributed by atoms with Crippen LogP contribution in [0.1, 0.15) is 26.7 Å². The lowest BCUT2D eigenvalue weighted by Crippen LogP contribution is -2.39. The molecule has 0 aliphatic carbocycles. The number of carbonyl (C=O) groups excluding carboxylic acids is 2. The van der Waals surface area contributed by atoms with E-state index >= 15 is 0 Å². The van der Waals surface area contributed by atoms with Crippen molar-refractivity contribution in [3.63, 3.8) is 0 Å². The fourth-order valence-electron chi connectivity index (χ4n) is 1.68. The number of amides is 2. The van der Waals surface area contributed by atoms with E-state index in [9.17, 15) is 14.4 Å². The summed E-state index contributed by atoms with van der Waals surface area (Å²) in [4.78, 5) is 33.0. The molecule has 1 unspecified atom stereocenters. The van der Waals surface area contributed by atoms with Crippen LogP contribution in [0.15, 0.2) is 0 Å². The van der Waals surface area contributed by atoms with Gasteiger partial charge in [-0.05, 0) is 24.8 Å². The lowest BCUT2D eigenvalue weighted by Gasteiger charge is -2.16. The summed E-state index contributed by atoms with van der Waals surface area (Å²) in [5.74, 6) is -1.34. The quantitative estimate of drug-likeness (QED) is 0.443. The Hall–Kier alpha value is -1.63. The highest BCUT2D eigenvalue weighted by Crippen LogP contribution is 2.13. The second-order valence-corrected chi connectivity index (χ2v) is 4.88. The van der Waals surface area contributed by atoms with Crippen molar-refractivity contribution in [1.29, 1.82) is 0 Å². The average molecular weight is 273 g/mol. The molecule has 2 amide bonds. The summed E-state index contributed by atoms with van der Waals surface area (Å²) >= 11 is 0. The Bertz CT molecular complexity index is 318. The predicted molar refractivity (Wildman–Crippen MR) is 70.3 cm³/mol. The molecule has 0 bridgehead atoms. The number of hydrogen-bond donors (Lipinski definition) is 4. The molecule has 0 heterocycles. The molecule has 0 aromatic rings. The van der Waals surface area contributed by atoms with Crippen molar-refractivity contribution in [2.24, 2.45) is 17.6 Å². The van der Waals surface area contributed by atoms with Crippen LogP contribution in [-0.4, -0.2) is 42.5 Å². The third-order valence-corrected chi connectivity index (χ3v) is 2.50. The van der Waals surface area contributed by atoms with Crippen molar-refractivity contribution in [1.82, 2.24) is 10.6 Å². The number of rotatable bonds is 9. The molecule has 19 heavy (non-hydrogen) atoms. The van der Waals surface area contributed by atoms with E-state index in [2.05, 4.69) is 24.5 Å². The third kappa shape index (κ3) is 10.0. The molecule has 0 radical (unpaired) electrons. The molecule has 7 heteroatoms. The van der Waals surface area contributed by atoms with Crippen LogP contribution < -0.4 is 16.4 Å². The number of carboxylic acids is 1. The van der Waals surface area contributed by atoms with E-state index in [1.807, 2.05) is 0 Å². The molecule has 0 aliphatic rings. The van der Waals surface area contributed by atoms with E-state index in [1.165, 1.54) is 0 Å². The molecular weight excluding hydrogens is 250 g/mol. The van der Waals surface area contributed by atoms with Crippen LogP contribution in [0.5, 0.6) is 0 Å². The van der Waals surface area contributed by atoms with E-state index in [1.54, 1.807) is 0 Å². The van der Waals surface area contributed by atoms with E-state index < -0.39 is 18.4 Å². The van der Waals surface area contributed by atoms with Crippen LogP contribution in [-0.2, 0) is 14.4 Å². The first-order valence-corrected chi connectivity index (χ1v) is 6.30. The molecule has 0 rings (SSSR count). The van der Waals surface area contributed by atoms with Gasteiger partial charge in [-0.1, -0.05) is 13.8 Å². The van der Waals surface area contributed by atoms with E-state index in [-0.39, 0.29) is 24.8 Å². The molecule has 0 saturated heterocycles. The van der Waals surface area contributed by atoms with E-state index in [0.717, 1.165) is 6.42 Å². The van der Waals surface area contributed by atoms with Gasteiger partial charge in [0.25, 0.3) is 0 Å². The first-order valence-electron chi connectivity index (χ1n) is 6.30. The highest BCUT2D eigenvalue weighted by molar-refractivity contribution is 5.86. The summed E-state index contributed by atoms with van der Waals surface area (Å²) < 4.78 is 0. The molecule has 0 saturated carbocycles. The van der Waals surface area contributed by atoms with Gasteiger partial charge >= 0.3 is 5.97 Å². The van der Waals surface area contributed by atoms with Crippen molar-refractivity contribution in [2.45, 2.75) is 26.7 Å². The largest absolute Gasteiger partial charge is 0.480 e. The molecule has 0 aliphatic heterocycles. The van der Waals surface area contributed by atoms with Gasteiger partial charge in [0, 0.05) is 6.42 Å². The van der Waals surface area contributed by atoms with Gasteiger partial charge < -0.3 is 21.5 Å². The van der Waals surface area contributed by atoms with Crippen molar-refractivity contribution in [3.05, 3.63) is 0 Å². The van der Waals surface area contributed by atoms with Crippen LogP contribution in [0.4, 0.5) is 0 Å². The average Bonchev–Trinajstić information content (AvgIpc) is 2.32. The van der Waals surface area contributed by atoms with Gasteiger partial charge in [0.2, 0.25) is 11.8 Å². The standard InChI is InChI=1S/C12H23N3O4/c1-8(2)3-9(5-13)4-10(16)14-6-11(17)15-7-12(18)19/h8-9H,3-7,13H2,1-2H3,(H,14,16)(H,15,17)(H,18,19). The lowest BCUT2D eigenvalue weighted by atomic mass is 9.94. The number of hydrogen-bond acceptors (Lipinski definition) is 4. The van der Waals surface area contributed by atoms with Crippen molar-refractivity contribution in [3.8, 4) is 0 Å². The molecule has 0 aromatic heterocycles. The SMILES string of the molecule is CC(C)CC(CN)CC(=O)NCC(=O)NCC(=O)O. The highest BCUT2D eigenvalue weighted by Gasteiger charge is 2.14. The summed E-state index contributed by atoms with van der Waals surface area (Å²) in [5.41, 5.74) is 5.58. The summed E-state index contributed by atoms with van der Waals surface area (Å²) in [6, 6.07) is 0. The Labute approximate surface area is 112 Å². The minimum Gasteiger partial charge on any atom is -0.480 e. The molecule has 110 valence electrons. The number of nitrogens with one attached hydrogen (secondary N) is 2. The lowest BCUT2D eigenvalue weighted by molar-refractivity contribution is -0.137. The van der Waals surface area contributed by atoms with E-state index in [0.29, 0.717) is 12.5 Å². The Kier molecular flexibility index (Phi) is 8.52. The van der Waals surface area contributed by atoms with Gasteiger partial charge in [-0.3, -0.25) is 14.4 Å². The molecule has 5 N–H and O–H groups in total. The number of carboxylic acid groups (broad SMARTS) is 1. The van der Waals surface area contributed by atoms with Gasteiger partial charge in [-0.2, -0.15) is 0 Å². The van der Waals surface area contributed by atoms with Crippen LogP contribution in [0.3, 0.4) is 0 Å². The zero-order chi connectivity index (χ0) is 14.8. The van der Waals surface area contributed by atoms with Gasteiger partial charge in [-0.15, -0.1) is 0 Å². The number of aliphatic carboxylic acids is 1. The topological polar surface area (TPSA) is 122 Å². The zero-order valence-electron chi connectivity index (χ0n) is 11.4. The van der Waals surface area contributed by atoms with Crippen molar-refractivity contribution < 1.29 is 19.5 Å². The Morgan fingerprint density at radius 1 is 1.11 bits per heavy atom. The van der Waals surface area contributed by atoms with Gasteiger partial charge in [-0.25, -0.2) is 0 Å². The zero-order valence-corrected chi connectivity index (χ0v) is 11.4. The Morgan fingerprint density at radius 3 is 2.16 bits per heavy atom. The van der Waals surface area contributed by atoms with Crippen LogP contribution in [0.25, 0.3) is 0 Å². The maximum absolute atomic E-state index is 11.6. The van der Waals surface area contributed by atoms with Crippen LogP contribution in [0.2, 0.25) is 0 Å². The van der Waals surface area contributed by atoms with Crippen LogP contribution in [0, 0.1) is 11.8 Å². The van der Waals surface area contributed by atoms with Gasteiger partial charge in [0.15, 0.2) is 0 Å².